The van der Waals surface area contributed by atoms with Crippen LogP contribution < -0.4 is 14.8 Å². The molecule has 0 unspecified atom stereocenters. The van der Waals surface area contributed by atoms with Crippen molar-refractivity contribution in [3.05, 3.63) is 30.4 Å². The van der Waals surface area contributed by atoms with Gasteiger partial charge in [0, 0.05) is 31.6 Å². The van der Waals surface area contributed by atoms with E-state index in [0.29, 0.717) is 16.9 Å². The monoisotopic (exact) mass is 549 g/mol. The molecule has 0 saturated carbocycles. The summed E-state index contributed by atoms with van der Waals surface area (Å²) in [5.41, 5.74) is 1.30. The quantitative estimate of drug-likeness (QED) is 0.390. The van der Waals surface area contributed by atoms with Gasteiger partial charge in [-0.25, -0.2) is 14.8 Å². The number of alkyl halides is 6. The first kappa shape index (κ1) is 28.7. The summed E-state index contributed by atoms with van der Waals surface area (Å²) >= 11 is 0. The van der Waals surface area contributed by atoms with Crippen molar-refractivity contribution in [1.29, 1.82) is 0 Å². The van der Waals surface area contributed by atoms with Gasteiger partial charge in [0.05, 0.1) is 37.2 Å². The van der Waals surface area contributed by atoms with Gasteiger partial charge in [-0.1, -0.05) is 0 Å². The lowest BCUT2D eigenvalue weighted by Crippen LogP contribution is -2.51. The van der Waals surface area contributed by atoms with Gasteiger partial charge in [0.15, 0.2) is 5.65 Å². The van der Waals surface area contributed by atoms with Crippen LogP contribution in [-0.4, -0.2) is 74.7 Å². The van der Waals surface area contributed by atoms with E-state index in [2.05, 4.69) is 20.2 Å². The van der Waals surface area contributed by atoms with Crippen LogP contribution in [0.25, 0.3) is 16.9 Å². The van der Waals surface area contributed by atoms with Gasteiger partial charge >= 0.3 is 18.4 Å². The number of nitrogens with one attached hydrogen (secondary N) is 1. The third-order valence-electron chi connectivity index (χ3n) is 5.69. The van der Waals surface area contributed by atoms with Crippen molar-refractivity contribution in [1.82, 2.24) is 34.8 Å². The van der Waals surface area contributed by atoms with Gasteiger partial charge in [0.1, 0.15) is 6.04 Å². The minimum Gasteiger partial charge on any atom is -0.479 e. The highest BCUT2D eigenvalue weighted by molar-refractivity contribution is 5.75. The Kier molecular flexibility index (Phi) is 8.51. The van der Waals surface area contributed by atoms with Crippen LogP contribution in [0.1, 0.15) is 38.4 Å². The van der Waals surface area contributed by atoms with Crippen molar-refractivity contribution < 1.29 is 40.6 Å². The number of carbonyl (C=O) groups excluding carboxylic acids is 1. The molecule has 16 heteroatoms. The molecule has 10 nitrogen and oxygen atoms in total. The van der Waals surface area contributed by atoms with Gasteiger partial charge in [-0.2, -0.15) is 26.3 Å². The third-order valence-corrected chi connectivity index (χ3v) is 5.69. The second kappa shape index (κ2) is 11.3. The van der Waals surface area contributed by atoms with Gasteiger partial charge < -0.3 is 24.1 Å². The average molecular weight is 549 g/mol. The number of urea groups is 1. The second-order valence-electron chi connectivity index (χ2n) is 8.15. The van der Waals surface area contributed by atoms with E-state index in [1.54, 1.807) is 28.3 Å². The van der Waals surface area contributed by atoms with Crippen LogP contribution in [0.3, 0.4) is 0 Å². The molecule has 3 aromatic heterocycles. The molecule has 0 saturated heterocycles. The molecule has 2 atom stereocenters. The first-order valence-corrected chi connectivity index (χ1v) is 11.3. The lowest BCUT2D eigenvalue weighted by Gasteiger charge is -2.31. The number of ether oxygens (including phenoxy) is 2. The number of halogens is 6. The number of carbonyl (C=O) groups is 1. The van der Waals surface area contributed by atoms with Gasteiger partial charge in [-0.3, -0.25) is 0 Å². The summed E-state index contributed by atoms with van der Waals surface area (Å²) in [6, 6.07) is -3.31. The number of aromatic nitrogens is 5. The largest absolute Gasteiger partial charge is 0.479 e. The summed E-state index contributed by atoms with van der Waals surface area (Å²) < 4.78 is 89.9. The molecule has 3 heterocycles. The van der Waals surface area contributed by atoms with Crippen molar-refractivity contribution >= 4 is 11.7 Å². The zero-order valence-electron chi connectivity index (χ0n) is 20.8. The van der Waals surface area contributed by atoms with Crippen molar-refractivity contribution in [3.8, 4) is 23.0 Å². The van der Waals surface area contributed by atoms with Crippen LogP contribution in [0.2, 0.25) is 0 Å². The molecule has 1 N–H and O–H groups in total. The number of hydrogen-bond donors (Lipinski definition) is 1. The van der Waals surface area contributed by atoms with Crippen LogP contribution in [-0.2, 0) is 0 Å². The highest BCUT2D eigenvalue weighted by Gasteiger charge is 2.43. The summed E-state index contributed by atoms with van der Waals surface area (Å²) in [5, 5.41) is 9.72. The van der Waals surface area contributed by atoms with E-state index >= 15 is 0 Å². The summed E-state index contributed by atoms with van der Waals surface area (Å²) in [4.78, 5) is 22.3. The van der Waals surface area contributed by atoms with Crippen molar-refractivity contribution in [3.63, 3.8) is 0 Å². The maximum atomic E-state index is 13.4. The third kappa shape index (κ3) is 6.52. The lowest BCUT2D eigenvalue weighted by molar-refractivity contribution is -0.171. The van der Waals surface area contributed by atoms with Gasteiger partial charge in [0.2, 0.25) is 5.88 Å². The molecule has 38 heavy (non-hydrogen) atoms. The zero-order valence-corrected chi connectivity index (χ0v) is 20.8. The summed E-state index contributed by atoms with van der Waals surface area (Å²) in [7, 11) is 2.77. The summed E-state index contributed by atoms with van der Waals surface area (Å²) in [6.07, 6.45) is -8.11. The van der Waals surface area contributed by atoms with E-state index in [0.717, 1.165) is 4.90 Å². The van der Waals surface area contributed by atoms with E-state index in [4.69, 9.17) is 9.47 Å². The number of nitrogens with zero attached hydrogens (tertiary/aromatic N) is 6. The Morgan fingerprint density at radius 2 is 1.82 bits per heavy atom. The average Bonchev–Trinajstić information content (AvgIpc) is 3.33. The van der Waals surface area contributed by atoms with Crippen LogP contribution in [0.4, 0.5) is 31.1 Å². The number of hydrogen-bond acceptors (Lipinski definition) is 7. The Morgan fingerprint density at radius 1 is 1.13 bits per heavy atom. The fraction of sp³-hybridized carbons (Fsp3) is 0.500. The van der Waals surface area contributed by atoms with E-state index < -0.39 is 43.3 Å². The first-order chi connectivity index (χ1) is 17.8. The smallest absolute Gasteiger partial charge is 0.408 e. The molecule has 0 aromatic carbocycles. The SMILES string of the molecule is CCN(C(=O)N[C@@H](CCC(F)(F)F)C(F)(F)F)[C@H](C)c1cc(-c2cn3ccnc3c(OC)n2)c(OC)nn1. The summed E-state index contributed by atoms with van der Waals surface area (Å²) in [5.74, 6) is 0.277. The van der Waals surface area contributed by atoms with E-state index in [9.17, 15) is 31.1 Å². The molecular weight excluding hydrogens is 524 g/mol. The van der Waals surface area contributed by atoms with Gasteiger partial charge in [0.25, 0.3) is 5.88 Å². The van der Waals surface area contributed by atoms with Gasteiger partial charge in [-0.15, -0.1) is 10.2 Å². The molecule has 0 aliphatic carbocycles. The molecule has 0 spiro atoms. The van der Waals surface area contributed by atoms with Crippen LogP contribution >= 0.6 is 0 Å². The number of amides is 2. The standard InChI is InChI=1S/C22H25F6N7O3/c1-5-35(20(36)31-16(22(26,27)28)6-7-21(23,24)25)12(2)14-10-13(18(37-3)33-32-14)15-11-34-9-8-29-17(34)19(30-15)38-4/h8-12,16H,5-7H2,1-4H3,(H,31,36)/t12-,16+/m1/s1. The predicted molar refractivity (Wildman–Crippen MR) is 122 cm³/mol. The maximum Gasteiger partial charge on any atom is 0.408 e. The number of fused-ring (bicyclic) bond motifs is 1. The molecule has 0 aliphatic rings. The Labute approximate surface area is 213 Å². The second-order valence-corrected chi connectivity index (χ2v) is 8.15. The van der Waals surface area contributed by atoms with E-state index in [1.165, 1.54) is 34.1 Å². The van der Waals surface area contributed by atoms with E-state index in [-0.39, 0.29) is 24.0 Å². The van der Waals surface area contributed by atoms with Gasteiger partial charge in [-0.05, 0) is 26.3 Å². The minimum absolute atomic E-state index is 0.0757. The summed E-state index contributed by atoms with van der Waals surface area (Å²) in [6.45, 7) is 2.92. The molecule has 0 bridgehead atoms. The van der Waals surface area contributed by atoms with Crippen molar-refractivity contribution in [2.75, 3.05) is 20.8 Å². The topological polar surface area (TPSA) is 107 Å². The highest BCUT2D eigenvalue weighted by Crippen LogP contribution is 2.33. The van der Waals surface area contributed by atoms with Crippen LogP contribution in [0, 0.1) is 0 Å². The Bertz CT molecular complexity index is 1260. The molecular formula is C22H25F6N7O3. The fourth-order valence-corrected chi connectivity index (χ4v) is 3.71. The predicted octanol–water partition coefficient (Wildman–Crippen LogP) is 4.57. The van der Waals surface area contributed by atoms with Crippen molar-refractivity contribution in [2.24, 2.45) is 0 Å². The number of imidazole rings is 1. The molecule has 0 radical (unpaired) electrons. The molecule has 208 valence electrons. The number of methoxy groups -OCH3 is 2. The van der Waals surface area contributed by atoms with E-state index in [1.807, 2.05) is 0 Å². The Balaban J connectivity index is 1.92. The Morgan fingerprint density at radius 3 is 2.39 bits per heavy atom. The minimum atomic E-state index is -5.08. The Hall–Kier alpha value is -3.85. The maximum absolute atomic E-state index is 13.4. The normalized spacial score (nSPS) is 13.7. The number of rotatable bonds is 9. The highest BCUT2D eigenvalue weighted by atomic mass is 19.4. The fourth-order valence-electron chi connectivity index (χ4n) is 3.71. The van der Waals surface area contributed by atoms with Crippen molar-refractivity contribution in [2.45, 2.75) is 51.1 Å². The molecule has 3 rings (SSSR count). The molecule has 3 aromatic rings. The van der Waals surface area contributed by atoms with Crippen LogP contribution in [0.15, 0.2) is 24.7 Å². The lowest BCUT2D eigenvalue weighted by atomic mass is 10.1. The molecule has 2 amide bonds. The van der Waals surface area contributed by atoms with Crippen LogP contribution in [0.5, 0.6) is 11.8 Å². The zero-order chi connectivity index (χ0) is 28.3. The molecule has 0 fully saturated rings. The molecule has 0 aliphatic heterocycles. The first-order valence-electron chi connectivity index (χ1n) is 11.3.